The Morgan fingerprint density at radius 1 is 1.46 bits per heavy atom. The van der Waals surface area contributed by atoms with E-state index in [0.717, 1.165) is 31.8 Å². The van der Waals surface area contributed by atoms with Gasteiger partial charge >= 0.3 is 0 Å². The molecule has 0 amide bonds. The fourth-order valence-corrected chi connectivity index (χ4v) is 1.75. The van der Waals surface area contributed by atoms with E-state index in [1.54, 1.807) is 6.20 Å². The van der Waals surface area contributed by atoms with Crippen LogP contribution in [-0.2, 0) is 6.67 Å². The molecule has 1 aliphatic heterocycles. The van der Waals surface area contributed by atoms with Crippen LogP contribution < -0.4 is 5.32 Å². The molecule has 1 aliphatic rings. The van der Waals surface area contributed by atoms with E-state index in [1.807, 2.05) is 0 Å². The van der Waals surface area contributed by atoms with Crippen LogP contribution in [0.1, 0.15) is 30.3 Å². The van der Waals surface area contributed by atoms with Crippen LogP contribution >= 0.6 is 0 Å². The maximum atomic E-state index is 12.2. The summed E-state index contributed by atoms with van der Waals surface area (Å²) in [7, 11) is 0. The van der Waals surface area contributed by atoms with Gasteiger partial charge in [0.25, 0.3) is 0 Å². The number of aromatic amines is 1. The number of rotatable bonds is 2. The summed E-state index contributed by atoms with van der Waals surface area (Å²) in [6, 6.07) is 0. The van der Waals surface area contributed by atoms with Crippen LogP contribution in [0.5, 0.6) is 0 Å². The minimum Gasteiger partial charge on any atom is -0.343 e. The van der Waals surface area contributed by atoms with Crippen molar-refractivity contribution in [2.45, 2.75) is 25.4 Å². The first-order valence-electron chi connectivity index (χ1n) is 4.70. The van der Waals surface area contributed by atoms with E-state index in [1.165, 1.54) is 0 Å². The first-order chi connectivity index (χ1) is 6.40. The third-order valence-corrected chi connectivity index (χ3v) is 2.52. The number of imidazole rings is 1. The summed E-state index contributed by atoms with van der Waals surface area (Å²) < 4.78 is 12.2. The molecule has 0 atom stereocenters. The average Bonchev–Trinajstić information content (AvgIpc) is 2.67. The third kappa shape index (κ3) is 1.88. The van der Waals surface area contributed by atoms with Crippen molar-refractivity contribution in [3.63, 3.8) is 0 Å². The number of nitrogens with one attached hydrogen (secondary N) is 2. The first-order valence-corrected chi connectivity index (χ1v) is 4.70. The molecule has 4 heteroatoms. The summed E-state index contributed by atoms with van der Waals surface area (Å²) in [4.78, 5) is 7.21. The monoisotopic (exact) mass is 183 g/mol. The second-order valence-corrected chi connectivity index (χ2v) is 3.45. The van der Waals surface area contributed by atoms with E-state index in [4.69, 9.17) is 0 Å². The highest BCUT2D eigenvalue weighted by molar-refractivity contribution is 5.05. The highest BCUT2D eigenvalue weighted by Gasteiger charge is 2.17. The van der Waals surface area contributed by atoms with Gasteiger partial charge in [0.05, 0.1) is 11.9 Å². The minimum atomic E-state index is -0.446. The Hall–Kier alpha value is -0.900. The van der Waals surface area contributed by atoms with Crippen molar-refractivity contribution in [2.75, 3.05) is 13.1 Å². The van der Waals surface area contributed by atoms with Gasteiger partial charge in [-0.05, 0) is 25.9 Å². The largest absolute Gasteiger partial charge is 0.343 e. The molecule has 3 nitrogen and oxygen atoms in total. The second kappa shape index (κ2) is 3.87. The smallest absolute Gasteiger partial charge is 0.131 e. The van der Waals surface area contributed by atoms with E-state index >= 15 is 0 Å². The number of H-pyrrole nitrogens is 1. The second-order valence-electron chi connectivity index (χ2n) is 3.45. The number of alkyl halides is 1. The summed E-state index contributed by atoms with van der Waals surface area (Å²) in [5.41, 5.74) is 0.591. The molecular weight excluding hydrogens is 169 g/mol. The zero-order valence-electron chi connectivity index (χ0n) is 7.52. The van der Waals surface area contributed by atoms with E-state index in [9.17, 15) is 4.39 Å². The normalized spacial score (nSPS) is 19.2. The van der Waals surface area contributed by atoms with Crippen LogP contribution in [0.3, 0.4) is 0 Å². The lowest BCUT2D eigenvalue weighted by Gasteiger charge is -2.20. The molecule has 0 radical (unpaired) electrons. The van der Waals surface area contributed by atoms with Gasteiger partial charge in [-0.25, -0.2) is 9.37 Å². The Morgan fingerprint density at radius 3 is 2.85 bits per heavy atom. The Balaban J connectivity index is 2.05. The molecule has 0 spiro atoms. The van der Waals surface area contributed by atoms with E-state index < -0.39 is 6.67 Å². The highest BCUT2D eigenvalue weighted by atomic mass is 19.1. The lowest BCUT2D eigenvalue weighted by atomic mass is 9.98. The van der Waals surface area contributed by atoms with Crippen molar-refractivity contribution in [3.05, 3.63) is 17.7 Å². The Kier molecular flexibility index (Phi) is 2.59. The molecule has 2 N–H and O–H groups in total. The SMILES string of the molecule is FCc1cnc(C2CCNCC2)[nH]1. The molecule has 0 aromatic carbocycles. The Bertz CT molecular complexity index is 266. The molecule has 2 heterocycles. The maximum Gasteiger partial charge on any atom is 0.131 e. The average molecular weight is 183 g/mol. The number of piperidine rings is 1. The van der Waals surface area contributed by atoms with E-state index in [2.05, 4.69) is 15.3 Å². The van der Waals surface area contributed by atoms with Crippen molar-refractivity contribution < 1.29 is 4.39 Å². The van der Waals surface area contributed by atoms with Gasteiger partial charge in [0.1, 0.15) is 12.5 Å². The van der Waals surface area contributed by atoms with Gasteiger partial charge in [-0.1, -0.05) is 0 Å². The summed E-state index contributed by atoms with van der Waals surface area (Å²) in [6.07, 6.45) is 3.79. The topological polar surface area (TPSA) is 40.7 Å². The van der Waals surface area contributed by atoms with Crippen molar-refractivity contribution in [3.8, 4) is 0 Å². The summed E-state index contributed by atoms with van der Waals surface area (Å²) in [5.74, 6) is 1.44. The molecule has 0 unspecified atom stereocenters. The van der Waals surface area contributed by atoms with Crippen molar-refractivity contribution >= 4 is 0 Å². The predicted octanol–water partition coefficient (Wildman–Crippen LogP) is 1.35. The molecule has 1 aromatic heterocycles. The molecule has 13 heavy (non-hydrogen) atoms. The zero-order valence-corrected chi connectivity index (χ0v) is 7.52. The number of hydrogen-bond acceptors (Lipinski definition) is 2. The Morgan fingerprint density at radius 2 is 2.23 bits per heavy atom. The van der Waals surface area contributed by atoms with Gasteiger partial charge in [-0.15, -0.1) is 0 Å². The lowest BCUT2D eigenvalue weighted by molar-refractivity contribution is 0.443. The number of hydrogen-bond donors (Lipinski definition) is 2. The first kappa shape index (κ1) is 8.69. The van der Waals surface area contributed by atoms with Crippen LogP contribution in [0, 0.1) is 0 Å². The van der Waals surface area contributed by atoms with Gasteiger partial charge in [0.2, 0.25) is 0 Å². The number of halogens is 1. The molecule has 0 aliphatic carbocycles. The molecule has 1 fully saturated rings. The minimum absolute atomic E-state index is 0.446. The molecule has 1 aromatic rings. The van der Waals surface area contributed by atoms with Crippen LogP contribution in [0.15, 0.2) is 6.20 Å². The Labute approximate surface area is 76.8 Å². The highest BCUT2D eigenvalue weighted by Crippen LogP contribution is 2.22. The van der Waals surface area contributed by atoms with E-state index in [-0.39, 0.29) is 0 Å². The summed E-state index contributed by atoms with van der Waals surface area (Å²) >= 11 is 0. The van der Waals surface area contributed by atoms with Gasteiger partial charge < -0.3 is 10.3 Å². The fraction of sp³-hybridized carbons (Fsp3) is 0.667. The molecule has 72 valence electrons. The van der Waals surface area contributed by atoms with Crippen molar-refractivity contribution in [2.24, 2.45) is 0 Å². The van der Waals surface area contributed by atoms with Crippen LogP contribution in [-0.4, -0.2) is 23.1 Å². The third-order valence-electron chi connectivity index (χ3n) is 2.52. The lowest BCUT2D eigenvalue weighted by Crippen LogP contribution is -2.27. The standard InChI is InChI=1S/C9H14FN3/c10-5-8-6-12-9(13-8)7-1-3-11-4-2-7/h6-7,11H,1-5H2,(H,12,13). The maximum absolute atomic E-state index is 12.2. The number of aromatic nitrogens is 2. The molecule has 0 saturated carbocycles. The molecular formula is C9H14FN3. The summed E-state index contributed by atoms with van der Waals surface area (Å²) in [5, 5.41) is 3.29. The van der Waals surface area contributed by atoms with E-state index in [0.29, 0.717) is 11.6 Å². The molecule has 1 saturated heterocycles. The fourth-order valence-electron chi connectivity index (χ4n) is 1.75. The van der Waals surface area contributed by atoms with Gasteiger partial charge in [0, 0.05) is 5.92 Å². The zero-order chi connectivity index (χ0) is 9.10. The van der Waals surface area contributed by atoms with Crippen LogP contribution in [0.25, 0.3) is 0 Å². The quantitative estimate of drug-likeness (QED) is 0.726. The predicted molar refractivity (Wildman–Crippen MR) is 48.2 cm³/mol. The summed E-state index contributed by atoms with van der Waals surface area (Å²) in [6.45, 7) is 1.63. The van der Waals surface area contributed by atoms with Gasteiger partial charge in [0.15, 0.2) is 0 Å². The molecule has 2 rings (SSSR count). The van der Waals surface area contributed by atoms with Crippen LogP contribution in [0.2, 0.25) is 0 Å². The van der Waals surface area contributed by atoms with Crippen LogP contribution in [0.4, 0.5) is 4.39 Å². The van der Waals surface area contributed by atoms with Crippen molar-refractivity contribution in [1.82, 2.24) is 15.3 Å². The number of nitrogens with zero attached hydrogens (tertiary/aromatic N) is 1. The molecule has 0 bridgehead atoms. The van der Waals surface area contributed by atoms with Gasteiger partial charge in [-0.3, -0.25) is 0 Å². The van der Waals surface area contributed by atoms with Crippen molar-refractivity contribution in [1.29, 1.82) is 0 Å². The van der Waals surface area contributed by atoms with Gasteiger partial charge in [-0.2, -0.15) is 0 Å².